The lowest BCUT2D eigenvalue weighted by atomic mass is 10.0. The molecule has 2 aromatic heterocycles. The quantitative estimate of drug-likeness (QED) is 0.604. The smallest absolute Gasteiger partial charge is 0.163 e. The number of hydrogen-bond acceptors (Lipinski definition) is 5. The minimum atomic E-state index is 0.623. The lowest BCUT2D eigenvalue weighted by Gasteiger charge is -2.10. The lowest BCUT2D eigenvalue weighted by molar-refractivity contribution is 1.20. The second-order valence-corrected chi connectivity index (χ2v) is 5.81. The van der Waals surface area contributed by atoms with Gasteiger partial charge in [-0.25, -0.2) is 9.97 Å². The van der Waals surface area contributed by atoms with E-state index in [9.17, 15) is 0 Å². The molecule has 0 unspecified atom stereocenters. The molecule has 5 nitrogen and oxygen atoms in total. The number of aromatic nitrogens is 3. The van der Waals surface area contributed by atoms with Gasteiger partial charge in [-0.15, -0.1) is 0 Å². The number of fused-ring (bicyclic) bond motifs is 1. The molecule has 4 rings (SSSR count). The van der Waals surface area contributed by atoms with Crippen LogP contribution in [0, 0.1) is 11.3 Å². The molecule has 0 amide bonds. The van der Waals surface area contributed by atoms with E-state index in [1.807, 2.05) is 55.6 Å². The fourth-order valence-electron chi connectivity index (χ4n) is 2.89. The predicted octanol–water partition coefficient (Wildman–Crippen LogP) is 4.27. The van der Waals surface area contributed by atoms with Crippen molar-refractivity contribution < 1.29 is 0 Å². The van der Waals surface area contributed by atoms with Gasteiger partial charge in [-0.3, -0.25) is 4.98 Å². The molecule has 0 saturated carbocycles. The number of nitriles is 1. The number of nitrogens with zero attached hydrogens (tertiary/aromatic N) is 4. The van der Waals surface area contributed by atoms with Crippen molar-refractivity contribution in [2.24, 2.45) is 0 Å². The fraction of sp³-hybridized carbons (Fsp3) is 0.0476. The summed E-state index contributed by atoms with van der Waals surface area (Å²) in [6.45, 7) is 0. The second-order valence-electron chi connectivity index (χ2n) is 5.81. The van der Waals surface area contributed by atoms with Crippen LogP contribution < -0.4 is 5.32 Å². The van der Waals surface area contributed by atoms with Crippen LogP contribution in [0.25, 0.3) is 33.4 Å². The molecule has 5 heteroatoms. The fourth-order valence-corrected chi connectivity index (χ4v) is 2.89. The van der Waals surface area contributed by atoms with Gasteiger partial charge in [0.05, 0.1) is 17.1 Å². The van der Waals surface area contributed by atoms with Gasteiger partial charge >= 0.3 is 0 Å². The molecule has 124 valence electrons. The van der Waals surface area contributed by atoms with E-state index in [-0.39, 0.29) is 0 Å². The van der Waals surface area contributed by atoms with E-state index in [0.29, 0.717) is 11.4 Å². The van der Waals surface area contributed by atoms with Crippen LogP contribution in [0.4, 0.5) is 5.82 Å². The molecule has 0 saturated heterocycles. The molecule has 0 fully saturated rings. The van der Waals surface area contributed by atoms with Crippen LogP contribution in [0.3, 0.4) is 0 Å². The summed E-state index contributed by atoms with van der Waals surface area (Å²) in [5.74, 6) is 1.39. The Hall–Kier alpha value is -3.78. The van der Waals surface area contributed by atoms with Gasteiger partial charge in [0.15, 0.2) is 5.82 Å². The van der Waals surface area contributed by atoms with E-state index in [1.165, 1.54) is 0 Å². The Morgan fingerprint density at radius 3 is 2.54 bits per heavy atom. The van der Waals surface area contributed by atoms with E-state index in [1.54, 1.807) is 18.5 Å². The van der Waals surface area contributed by atoms with Crippen LogP contribution in [0.15, 0.2) is 67.0 Å². The summed E-state index contributed by atoms with van der Waals surface area (Å²) < 4.78 is 0. The molecule has 0 aliphatic carbocycles. The van der Waals surface area contributed by atoms with Crippen molar-refractivity contribution in [3.8, 4) is 28.6 Å². The number of hydrogen-bond donors (Lipinski definition) is 1. The highest BCUT2D eigenvalue weighted by Gasteiger charge is 2.10. The monoisotopic (exact) mass is 337 g/mol. The number of pyridine rings is 1. The van der Waals surface area contributed by atoms with Crippen molar-refractivity contribution in [2.45, 2.75) is 0 Å². The molecular formula is C21H15N5. The average Bonchev–Trinajstić information content (AvgIpc) is 2.73. The maximum atomic E-state index is 9.13. The van der Waals surface area contributed by atoms with Gasteiger partial charge in [0.1, 0.15) is 5.82 Å². The molecule has 26 heavy (non-hydrogen) atoms. The third kappa shape index (κ3) is 2.85. The van der Waals surface area contributed by atoms with Gasteiger partial charge in [-0.1, -0.05) is 18.2 Å². The zero-order valence-electron chi connectivity index (χ0n) is 14.1. The molecule has 0 atom stereocenters. The molecule has 4 aromatic rings. The molecular weight excluding hydrogens is 322 g/mol. The summed E-state index contributed by atoms with van der Waals surface area (Å²) in [7, 11) is 1.85. The molecule has 0 spiro atoms. The van der Waals surface area contributed by atoms with E-state index >= 15 is 0 Å². The van der Waals surface area contributed by atoms with E-state index < -0.39 is 0 Å². The number of benzene rings is 2. The summed E-state index contributed by atoms with van der Waals surface area (Å²) in [4.78, 5) is 13.5. The highest BCUT2D eigenvalue weighted by atomic mass is 15.0. The topological polar surface area (TPSA) is 74.5 Å². The van der Waals surface area contributed by atoms with Crippen molar-refractivity contribution in [1.82, 2.24) is 15.0 Å². The molecule has 1 N–H and O–H groups in total. The highest BCUT2D eigenvalue weighted by molar-refractivity contribution is 5.93. The van der Waals surface area contributed by atoms with E-state index in [0.717, 1.165) is 33.4 Å². The minimum Gasteiger partial charge on any atom is -0.373 e. The zero-order valence-corrected chi connectivity index (χ0v) is 14.1. The molecule has 0 radical (unpaired) electrons. The predicted molar refractivity (Wildman–Crippen MR) is 102 cm³/mol. The SMILES string of the molecule is CNc1nc(-c2cccnc2)nc2cc(-c3cccc(C#N)c3)ccc12. The van der Waals surface area contributed by atoms with Gasteiger partial charge in [0, 0.05) is 30.4 Å². The van der Waals surface area contributed by atoms with Crippen molar-refractivity contribution in [3.05, 3.63) is 72.6 Å². The van der Waals surface area contributed by atoms with Crippen LogP contribution in [0.1, 0.15) is 5.56 Å². The maximum Gasteiger partial charge on any atom is 0.163 e. The first-order valence-electron chi connectivity index (χ1n) is 8.19. The normalized spacial score (nSPS) is 10.5. The minimum absolute atomic E-state index is 0.623. The zero-order chi connectivity index (χ0) is 17.9. The first-order valence-corrected chi connectivity index (χ1v) is 8.19. The van der Waals surface area contributed by atoms with Gasteiger partial charge in [-0.2, -0.15) is 5.26 Å². The Labute approximate surface area is 151 Å². The number of anilines is 1. The van der Waals surface area contributed by atoms with Crippen LogP contribution in [0.2, 0.25) is 0 Å². The Kier molecular flexibility index (Phi) is 4.00. The van der Waals surface area contributed by atoms with Crippen molar-refractivity contribution in [2.75, 3.05) is 12.4 Å². The third-order valence-electron chi connectivity index (χ3n) is 4.18. The van der Waals surface area contributed by atoms with Crippen LogP contribution >= 0.6 is 0 Å². The number of nitrogens with one attached hydrogen (secondary N) is 1. The number of rotatable bonds is 3. The summed E-state index contributed by atoms with van der Waals surface area (Å²) in [5.41, 5.74) is 4.33. The van der Waals surface area contributed by atoms with E-state index in [4.69, 9.17) is 10.2 Å². The Morgan fingerprint density at radius 1 is 0.923 bits per heavy atom. The lowest BCUT2D eigenvalue weighted by Crippen LogP contribution is -1.99. The van der Waals surface area contributed by atoms with E-state index in [2.05, 4.69) is 21.4 Å². The van der Waals surface area contributed by atoms with Crippen molar-refractivity contribution in [1.29, 1.82) is 5.26 Å². The van der Waals surface area contributed by atoms with Crippen molar-refractivity contribution >= 4 is 16.7 Å². The first kappa shape index (κ1) is 15.7. The molecule has 2 heterocycles. The molecule has 0 aliphatic rings. The summed E-state index contributed by atoms with van der Waals surface area (Å²) in [5, 5.41) is 13.2. The molecule has 0 aliphatic heterocycles. The van der Waals surface area contributed by atoms with Crippen LogP contribution in [-0.2, 0) is 0 Å². The Morgan fingerprint density at radius 2 is 1.77 bits per heavy atom. The first-order chi connectivity index (χ1) is 12.8. The highest BCUT2D eigenvalue weighted by Crippen LogP contribution is 2.29. The van der Waals surface area contributed by atoms with Crippen molar-refractivity contribution in [3.63, 3.8) is 0 Å². The summed E-state index contributed by atoms with van der Waals surface area (Å²) in [6.07, 6.45) is 3.48. The summed E-state index contributed by atoms with van der Waals surface area (Å²) >= 11 is 0. The Balaban J connectivity index is 1.90. The second kappa shape index (κ2) is 6.61. The van der Waals surface area contributed by atoms with Gasteiger partial charge < -0.3 is 5.32 Å². The van der Waals surface area contributed by atoms with Gasteiger partial charge in [0.25, 0.3) is 0 Å². The average molecular weight is 337 g/mol. The maximum absolute atomic E-state index is 9.13. The van der Waals surface area contributed by atoms with Gasteiger partial charge in [-0.05, 0) is 47.5 Å². The summed E-state index contributed by atoms with van der Waals surface area (Å²) in [6, 6.07) is 19.6. The van der Waals surface area contributed by atoms with Crippen LogP contribution in [-0.4, -0.2) is 22.0 Å². The Bertz CT molecular complexity index is 1130. The third-order valence-corrected chi connectivity index (χ3v) is 4.18. The molecule has 2 aromatic carbocycles. The molecule has 0 bridgehead atoms. The van der Waals surface area contributed by atoms with Gasteiger partial charge in [0.2, 0.25) is 0 Å². The largest absolute Gasteiger partial charge is 0.373 e. The van der Waals surface area contributed by atoms with Crippen LogP contribution in [0.5, 0.6) is 0 Å². The standard InChI is InChI=1S/C21H15N5/c1-23-21-18-8-7-16(15-5-2-4-14(10-15)12-22)11-19(18)25-20(26-21)17-6-3-9-24-13-17/h2-11,13H,1H3,(H,23,25,26).